The third-order valence-corrected chi connectivity index (χ3v) is 3.63. The second-order valence-electron chi connectivity index (χ2n) is 5.23. The van der Waals surface area contributed by atoms with Gasteiger partial charge in [-0.3, -0.25) is 4.79 Å². The summed E-state index contributed by atoms with van der Waals surface area (Å²) >= 11 is 0. The number of benzene rings is 1. The summed E-state index contributed by atoms with van der Waals surface area (Å²) in [6.45, 7) is 7.80. The van der Waals surface area contributed by atoms with Crippen molar-refractivity contribution in [3.63, 3.8) is 0 Å². The Balaban J connectivity index is 3.11. The smallest absolute Gasteiger partial charge is 0.157 e. The molecule has 0 aliphatic rings. The summed E-state index contributed by atoms with van der Waals surface area (Å²) in [5, 5.41) is 9.30. The van der Waals surface area contributed by atoms with Crippen LogP contribution in [0.4, 0.5) is 0 Å². The maximum absolute atomic E-state index is 12.3. The minimum absolute atomic E-state index is 0.0246. The van der Waals surface area contributed by atoms with Gasteiger partial charge in [-0.05, 0) is 30.0 Å². The van der Waals surface area contributed by atoms with Crippen molar-refractivity contribution in [2.24, 2.45) is 11.8 Å². The molecular formula is C16H21NO2. The highest BCUT2D eigenvalue weighted by Crippen LogP contribution is 2.28. The van der Waals surface area contributed by atoms with E-state index in [1.807, 2.05) is 39.8 Å². The van der Waals surface area contributed by atoms with Crippen LogP contribution in [0.15, 0.2) is 18.2 Å². The summed E-state index contributed by atoms with van der Waals surface area (Å²) in [7, 11) is 1.59. The zero-order valence-electron chi connectivity index (χ0n) is 12.2. The van der Waals surface area contributed by atoms with E-state index >= 15 is 0 Å². The molecule has 3 heteroatoms. The average molecular weight is 259 g/mol. The minimum atomic E-state index is -0.716. The predicted octanol–water partition coefficient (Wildman–Crippen LogP) is 3.47. The second kappa shape index (κ2) is 6.38. The lowest BCUT2D eigenvalue weighted by molar-refractivity contribution is -0.123. The number of carbonyl (C=O) groups excluding carboxylic acids is 1. The molecule has 3 nitrogen and oxygen atoms in total. The molecule has 19 heavy (non-hydrogen) atoms. The number of ketones is 1. The van der Waals surface area contributed by atoms with E-state index in [9.17, 15) is 10.1 Å². The fraction of sp³-hybridized carbons (Fsp3) is 0.500. The zero-order chi connectivity index (χ0) is 14.6. The summed E-state index contributed by atoms with van der Waals surface area (Å²) in [5.74, 6) is 0.0747. The number of aryl methyl sites for hydroxylation is 1. The molecule has 0 amide bonds. The first-order valence-electron chi connectivity index (χ1n) is 6.50. The highest BCUT2D eigenvalue weighted by Gasteiger charge is 2.27. The molecular weight excluding hydrogens is 238 g/mol. The summed E-state index contributed by atoms with van der Waals surface area (Å²) in [6.07, 6.45) is 0. The zero-order valence-corrected chi connectivity index (χ0v) is 12.2. The van der Waals surface area contributed by atoms with Crippen LogP contribution in [0.1, 0.15) is 37.8 Å². The predicted molar refractivity (Wildman–Crippen MR) is 75.1 cm³/mol. The lowest BCUT2D eigenvalue weighted by atomic mass is 9.83. The van der Waals surface area contributed by atoms with Gasteiger partial charge in [-0.1, -0.05) is 32.9 Å². The first-order valence-corrected chi connectivity index (χ1v) is 6.50. The third kappa shape index (κ3) is 3.35. The largest absolute Gasteiger partial charge is 0.496 e. The number of hydrogen-bond donors (Lipinski definition) is 0. The van der Waals surface area contributed by atoms with Gasteiger partial charge in [0.05, 0.1) is 13.2 Å². The van der Waals surface area contributed by atoms with Crippen LogP contribution in [0.3, 0.4) is 0 Å². The van der Waals surface area contributed by atoms with Gasteiger partial charge in [0.2, 0.25) is 0 Å². The van der Waals surface area contributed by atoms with Crippen LogP contribution in [0.5, 0.6) is 5.75 Å². The molecule has 1 aromatic rings. The molecule has 1 aromatic carbocycles. The fourth-order valence-corrected chi connectivity index (χ4v) is 1.91. The Labute approximate surface area is 115 Å². The van der Waals surface area contributed by atoms with Crippen molar-refractivity contribution >= 4 is 5.78 Å². The second-order valence-corrected chi connectivity index (χ2v) is 5.23. The Morgan fingerprint density at radius 3 is 2.42 bits per heavy atom. The lowest BCUT2D eigenvalue weighted by Crippen LogP contribution is -2.23. The Hall–Kier alpha value is -1.82. The molecule has 0 aliphatic heterocycles. The molecule has 0 aromatic heterocycles. The molecule has 1 rings (SSSR count). The Morgan fingerprint density at radius 1 is 1.32 bits per heavy atom. The summed E-state index contributed by atoms with van der Waals surface area (Å²) in [4.78, 5) is 12.3. The van der Waals surface area contributed by atoms with Gasteiger partial charge in [-0.25, -0.2) is 0 Å². The van der Waals surface area contributed by atoms with Gasteiger partial charge in [-0.15, -0.1) is 0 Å². The molecule has 0 bridgehead atoms. The molecule has 2 atom stereocenters. The highest BCUT2D eigenvalue weighted by molar-refractivity contribution is 5.90. The molecule has 0 aliphatic carbocycles. The van der Waals surface area contributed by atoms with E-state index < -0.39 is 5.92 Å². The van der Waals surface area contributed by atoms with Gasteiger partial charge in [0.25, 0.3) is 0 Å². The normalized spacial score (nSPS) is 13.7. The number of rotatable bonds is 5. The van der Waals surface area contributed by atoms with E-state index in [1.165, 1.54) is 0 Å². The van der Waals surface area contributed by atoms with Gasteiger partial charge in [-0.2, -0.15) is 5.26 Å². The van der Waals surface area contributed by atoms with Crippen LogP contribution < -0.4 is 4.74 Å². The Bertz CT molecular complexity index is 500. The first-order chi connectivity index (χ1) is 8.92. The maximum atomic E-state index is 12.3. The number of ether oxygens (including phenoxy) is 1. The number of hydrogen-bond acceptors (Lipinski definition) is 3. The molecule has 0 fully saturated rings. The Morgan fingerprint density at radius 2 is 1.95 bits per heavy atom. The summed E-state index contributed by atoms with van der Waals surface area (Å²) in [5.41, 5.74) is 1.70. The van der Waals surface area contributed by atoms with E-state index in [1.54, 1.807) is 13.2 Å². The Kier molecular flexibility index (Phi) is 5.11. The van der Waals surface area contributed by atoms with Crippen LogP contribution in [0, 0.1) is 30.1 Å². The summed E-state index contributed by atoms with van der Waals surface area (Å²) < 4.78 is 5.25. The first kappa shape index (κ1) is 15.2. The van der Waals surface area contributed by atoms with E-state index in [0.717, 1.165) is 5.56 Å². The third-order valence-electron chi connectivity index (χ3n) is 3.63. The maximum Gasteiger partial charge on any atom is 0.157 e. The minimum Gasteiger partial charge on any atom is -0.496 e. The van der Waals surface area contributed by atoms with Crippen molar-refractivity contribution in [3.8, 4) is 11.8 Å². The number of nitriles is 1. The number of carbonyl (C=O) groups is 1. The number of nitrogens with zero attached hydrogens (tertiary/aromatic N) is 1. The molecule has 0 radical (unpaired) electrons. The lowest BCUT2D eigenvalue weighted by Gasteiger charge is -2.18. The molecule has 0 N–H and O–H groups in total. The van der Waals surface area contributed by atoms with E-state index in [4.69, 9.17) is 4.74 Å². The summed E-state index contributed by atoms with van der Waals surface area (Å²) in [6, 6.07) is 7.62. The number of Topliss-reactive ketones (excluding diaryl/α,β-unsaturated/α-hetero) is 1. The van der Waals surface area contributed by atoms with Gasteiger partial charge in [0.15, 0.2) is 5.78 Å². The molecule has 102 valence electrons. The molecule has 0 saturated carbocycles. The number of methoxy groups -OCH3 is 1. The van der Waals surface area contributed by atoms with Crippen molar-refractivity contribution in [1.82, 2.24) is 0 Å². The van der Waals surface area contributed by atoms with Crippen molar-refractivity contribution < 1.29 is 9.53 Å². The fourth-order valence-electron chi connectivity index (χ4n) is 1.91. The van der Waals surface area contributed by atoms with Crippen LogP contribution in [-0.2, 0) is 4.79 Å². The van der Waals surface area contributed by atoms with Crippen LogP contribution in [-0.4, -0.2) is 12.9 Å². The van der Waals surface area contributed by atoms with Crippen LogP contribution in [0.25, 0.3) is 0 Å². The van der Waals surface area contributed by atoms with Gasteiger partial charge >= 0.3 is 0 Å². The van der Waals surface area contributed by atoms with Gasteiger partial charge in [0, 0.05) is 5.92 Å². The standard InChI is InChI=1S/C16H21NO2/c1-10(2)12(4)16(18)14(9-17)13-7-6-11(3)15(8-13)19-5/h6-8,10,12,14H,1-5H3. The van der Waals surface area contributed by atoms with Crippen molar-refractivity contribution in [1.29, 1.82) is 5.26 Å². The van der Waals surface area contributed by atoms with Gasteiger partial charge < -0.3 is 4.74 Å². The monoisotopic (exact) mass is 259 g/mol. The van der Waals surface area contributed by atoms with Crippen molar-refractivity contribution in [2.45, 2.75) is 33.6 Å². The highest BCUT2D eigenvalue weighted by atomic mass is 16.5. The molecule has 0 heterocycles. The average Bonchev–Trinajstić information content (AvgIpc) is 2.40. The van der Waals surface area contributed by atoms with Crippen LogP contribution >= 0.6 is 0 Å². The van der Waals surface area contributed by atoms with Gasteiger partial charge in [0.1, 0.15) is 11.7 Å². The van der Waals surface area contributed by atoms with Crippen LogP contribution in [0.2, 0.25) is 0 Å². The van der Waals surface area contributed by atoms with Crippen molar-refractivity contribution in [3.05, 3.63) is 29.3 Å². The SMILES string of the molecule is COc1cc(C(C#N)C(=O)C(C)C(C)C)ccc1C. The van der Waals surface area contributed by atoms with E-state index in [0.29, 0.717) is 11.3 Å². The van der Waals surface area contributed by atoms with Crippen molar-refractivity contribution in [2.75, 3.05) is 7.11 Å². The van der Waals surface area contributed by atoms with E-state index in [2.05, 4.69) is 6.07 Å². The molecule has 0 spiro atoms. The van der Waals surface area contributed by atoms with E-state index in [-0.39, 0.29) is 17.6 Å². The topological polar surface area (TPSA) is 50.1 Å². The molecule has 0 saturated heterocycles. The quantitative estimate of drug-likeness (QED) is 0.813. The molecule has 2 unspecified atom stereocenters.